The van der Waals surface area contributed by atoms with Crippen LogP contribution in [0.1, 0.15) is 66.2 Å². The van der Waals surface area contributed by atoms with Gasteiger partial charge in [0.1, 0.15) is 18.6 Å². The van der Waals surface area contributed by atoms with Crippen molar-refractivity contribution in [2.24, 2.45) is 15.4 Å². The van der Waals surface area contributed by atoms with E-state index in [2.05, 4.69) is 27.7 Å². The number of ether oxygens (including phenoxy) is 2. The molecule has 2 atom stereocenters. The normalized spacial score (nSPS) is 25.3. The molecule has 0 aromatic heterocycles. The van der Waals surface area contributed by atoms with Crippen molar-refractivity contribution in [3.63, 3.8) is 0 Å². The van der Waals surface area contributed by atoms with E-state index in [1.807, 2.05) is 0 Å². The first kappa shape index (κ1) is 16.3. The van der Waals surface area contributed by atoms with E-state index in [0.29, 0.717) is 25.3 Å². The largest absolute Gasteiger partial charge is 0.478 e. The number of hydrogen-bond donors (Lipinski definition) is 0. The van der Waals surface area contributed by atoms with Gasteiger partial charge in [0.25, 0.3) is 0 Å². The van der Waals surface area contributed by atoms with E-state index in [0.717, 1.165) is 24.6 Å². The molecule has 0 saturated carbocycles. The number of aliphatic imine (C=N–C) groups is 2. The molecule has 2 aliphatic heterocycles. The molecule has 0 aromatic carbocycles. The highest BCUT2D eigenvalue weighted by Gasteiger charge is 2.40. The van der Waals surface area contributed by atoms with Crippen molar-refractivity contribution in [3.8, 4) is 0 Å². The van der Waals surface area contributed by atoms with E-state index in [4.69, 9.17) is 19.5 Å². The van der Waals surface area contributed by atoms with Crippen LogP contribution in [0.3, 0.4) is 0 Å². The van der Waals surface area contributed by atoms with Crippen LogP contribution in [-0.2, 0) is 9.47 Å². The molecule has 0 spiro atoms. The Kier molecular flexibility index (Phi) is 5.65. The minimum Gasteiger partial charge on any atom is -0.478 e. The lowest BCUT2D eigenvalue weighted by Gasteiger charge is -2.22. The first-order valence-corrected chi connectivity index (χ1v) is 8.50. The fourth-order valence-electron chi connectivity index (χ4n) is 2.78. The molecule has 4 nitrogen and oxygen atoms in total. The molecular weight excluding hydrogens is 264 g/mol. The maximum atomic E-state index is 5.85. The zero-order chi connectivity index (χ0) is 15.3. The van der Waals surface area contributed by atoms with Gasteiger partial charge < -0.3 is 9.47 Å². The lowest BCUT2D eigenvalue weighted by molar-refractivity contribution is 0.260. The molecule has 0 unspecified atom stereocenters. The molecule has 0 radical (unpaired) electrons. The van der Waals surface area contributed by atoms with Gasteiger partial charge in [0, 0.05) is 0 Å². The van der Waals surface area contributed by atoms with Gasteiger partial charge in [-0.1, -0.05) is 39.5 Å². The maximum absolute atomic E-state index is 5.85. The Morgan fingerprint density at radius 1 is 0.905 bits per heavy atom. The maximum Gasteiger partial charge on any atom is 0.199 e. The number of nitrogens with zero attached hydrogens (tertiary/aromatic N) is 2. The third kappa shape index (κ3) is 3.98. The monoisotopic (exact) mass is 294 g/mol. The first-order chi connectivity index (χ1) is 10.1. The third-order valence-electron chi connectivity index (χ3n) is 4.28. The SMILES string of the molecule is CCCC[C@H]1COC(C(C)(C)C2=N[C@@H](CCCC)CO2)=N1. The summed E-state index contributed by atoms with van der Waals surface area (Å²) in [5.41, 5.74) is -0.331. The molecule has 0 aliphatic carbocycles. The van der Waals surface area contributed by atoms with Crippen molar-refractivity contribution in [1.29, 1.82) is 0 Å². The molecular formula is C17H30N2O2. The zero-order valence-corrected chi connectivity index (χ0v) is 14.0. The predicted octanol–water partition coefficient (Wildman–Crippen LogP) is 3.99. The summed E-state index contributed by atoms with van der Waals surface area (Å²) in [6, 6.07) is 0.634. The third-order valence-corrected chi connectivity index (χ3v) is 4.28. The average molecular weight is 294 g/mol. The molecule has 0 N–H and O–H groups in total. The summed E-state index contributed by atoms with van der Waals surface area (Å²) < 4.78 is 11.7. The van der Waals surface area contributed by atoms with Crippen LogP contribution in [0.2, 0.25) is 0 Å². The Hall–Kier alpha value is -1.06. The second-order valence-electron chi connectivity index (χ2n) is 6.71. The summed E-state index contributed by atoms with van der Waals surface area (Å²) in [5, 5.41) is 0. The van der Waals surface area contributed by atoms with Crippen LogP contribution in [0.15, 0.2) is 9.98 Å². The molecule has 2 heterocycles. The molecule has 120 valence electrons. The van der Waals surface area contributed by atoms with Crippen LogP contribution in [0.4, 0.5) is 0 Å². The van der Waals surface area contributed by atoms with Gasteiger partial charge in [-0.05, 0) is 26.7 Å². The number of rotatable bonds is 8. The van der Waals surface area contributed by atoms with Gasteiger partial charge in [-0.3, -0.25) is 0 Å². The van der Waals surface area contributed by atoms with Crippen LogP contribution in [0.25, 0.3) is 0 Å². The van der Waals surface area contributed by atoms with Gasteiger partial charge in [0.05, 0.1) is 12.1 Å². The van der Waals surface area contributed by atoms with Crippen LogP contribution in [-0.4, -0.2) is 37.1 Å². The summed E-state index contributed by atoms with van der Waals surface area (Å²) >= 11 is 0. The van der Waals surface area contributed by atoms with Crippen molar-refractivity contribution in [1.82, 2.24) is 0 Å². The van der Waals surface area contributed by atoms with Gasteiger partial charge in [-0.25, -0.2) is 9.98 Å². The van der Waals surface area contributed by atoms with E-state index in [-0.39, 0.29) is 5.41 Å². The highest BCUT2D eigenvalue weighted by atomic mass is 16.5. The predicted molar refractivity (Wildman–Crippen MR) is 87.2 cm³/mol. The Labute approximate surface area is 129 Å². The fourth-order valence-corrected chi connectivity index (χ4v) is 2.78. The standard InChI is InChI=1S/C17H30N2O2/c1-5-7-9-13-11-20-15(18-13)17(3,4)16-19-14(12-21-16)10-8-6-2/h13-14H,5-12H2,1-4H3/t13-,14-/m0/s1. The second kappa shape index (κ2) is 7.28. The van der Waals surface area contributed by atoms with E-state index in [1.54, 1.807) is 0 Å². The molecule has 4 heteroatoms. The summed E-state index contributed by atoms with van der Waals surface area (Å²) in [6.07, 6.45) is 7.06. The van der Waals surface area contributed by atoms with Gasteiger partial charge >= 0.3 is 0 Å². The lowest BCUT2D eigenvalue weighted by atomic mass is 9.93. The summed E-state index contributed by atoms with van der Waals surface area (Å²) in [6.45, 7) is 10.1. The summed E-state index contributed by atoms with van der Waals surface area (Å²) in [7, 11) is 0. The van der Waals surface area contributed by atoms with E-state index >= 15 is 0 Å². The lowest BCUT2D eigenvalue weighted by Crippen LogP contribution is -2.34. The highest BCUT2D eigenvalue weighted by Crippen LogP contribution is 2.30. The molecule has 0 amide bonds. The summed E-state index contributed by atoms with van der Waals surface area (Å²) in [4.78, 5) is 9.53. The van der Waals surface area contributed by atoms with Gasteiger partial charge in [0.2, 0.25) is 0 Å². The van der Waals surface area contributed by atoms with Crippen LogP contribution in [0.5, 0.6) is 0 Å². The molecule has 0 bridgehead atoms. The van der Waals surface area contributed by atoms with Crippen LogP contribution >= 0.6 is 0 Å². The molecule has 2 rings (SSSR count). The van der Waals surface area contributed by atoms with Gasteiger partial charge in [0.15, 0.2) is 11.8 Å². The van der Waals surface area contributed by atoms with Crippen molar-refractivity contribution >= 4 is 11.8 Å². The number of hydrogen-bond acceptors (Lipinski definition) is 4. The molecule has 2 aliphatic rings. The fraction of sp³-hybridized carbons (Fsp3) is 0.882. The highest BCUT2D eigenvalue weighted by molar-refractivity contribution is 6.05. The molecule has 0 fully saturated rings. The van der Waals surface area contributed by atoms with Gasteiger partial charge in [-0.15, -0.1) is 0 Å². The number of unbranched alkanes of at least 4 members (excludes halogenated alkanes) is 2. The van der Waals surface area contributed by atoms with Crippen molar-refractivity contribution in [2.75, 3.05) is 13.2 Å². The Morgan fingerprint density at radius 3 is 1.71 bits per heavy atom. The molecule has 0 saturated heterocycles. The van der Waals surface area contributed by atoms with Crippen molar-refractivity contribution < 1.29 is 9.47 Å². The molecule has 0 aromatic rings. The van der Waals surface area contributed by atoms with E-state index < -0.39 is 0 Å². The smallest absolute Gasteiger partial charge is 0.199 e. The van der Waals surface area contributed by atoms with Crippen LogP contribution in [0, 0.1) is 5.41 Å². The van der Waals surface area contributed by atoms with Crippen molar-refractivity contribution in [3.05, 3.63) is 0 Å². The quantitative estimate of drug-likeness (QED) is 0.679. The Bertz CT molecular complexity index is 366. The Morgan fingerprint density at radius 2 is 1.33 bits per heavy atom. The van der Waals surface area contributed by atoms with Gasteiger partial charge in [-0.2, -0.15) is 0 Å². The topological polar surface area (TPSA) is 43.2 Å². The minimum absolute atomic E-state index is 0.317. The molecule has 21 heavy (non-hydrogen) atoms. The average Bonchev–Trinajstić information content (AvgIpc) is 3.12. The second-order valence-corrected chi connectivity index (χ2v) is 6.71. The Balaban J connectivity index is 1.98. The first-order valence-electron chi connectivity index (χ1n) is 8.50. The zero-order valence-electron chi connectivity index (χ0n) is 14.0. The summed E-state index contributed by atoms with van der Waals surface area (Å²) in [5.74, 6) is 1.61. The van der Waals surface area contributed by atoms with E-state index in [9.17, 15) is 0 Å². The van der Waals surface area contributed by atoms with Crippen LogP contribution < -0.4 is 0 Å². The van der Waals surface area contributed by atoms with Crippen molar-refractivity contribution in [2.45, 2.75) is 78.3 Å². The minimum atomic E-state index is -0.331. The van der Waals surface area contributed by atoms with E-state index in [1.165, 1.54) is 25.7 Å².